The third-order valence-electron chi connectivity index (χ3n) is 4.44. The van der Waals surface area contributed by atoms with Crippen LogP contribution in [0, 0.1) is 13.8 Å². The van der Waals surface area contributed by atoms with Gasteiger partial charge in [-0.25, -0.2) is 4.79 Å². The number of nitrogens with one attached hydrogen (secondary N) is 2. The Bertz CT molecular complexity index is 587. The van der Waals surface area contributed by atoms with Gasteiger partial charge in [-0.3, -0.25) is 15.0 Å². The van der Waals surface area contributed by atoms with Crippen LogP contribution in [0.15, 0.2) is 18.2 Å². The first-order valence-electron chi connectivity index (χ1n) is 8.52. The molecule has 1 aromatic carbocycles. The second-order valence-corrected chi connectivity index (χ2v) is 6.45. The lowest BCUT2D eigenvalue weighted by Gasteiger charge is -2.34. The Morgan fingerprint density at radius 1 is 1.29 bits per heavy atom. The van der Waals surface area contributed by atoms with Gasteiger partial charge in [0.15, 0.2) is 0 Å². The first-order valence-corrected chi connectivity index (χ1v) is 8.52. The molecule has 3 N–H and O–H groups in total. The topological polar surface area (TPSA) is 81.7 Å². The molecule has 1 fully saturated rings. The fourth-order valence-electron chi connectivity index (χ4n) is 3.20. The number of rotatable bonds is 5. The molecule has 0 aromatic heterocycles. The second kappa shape index (κ2) is 8.80. The zero-order chi connectivity index (χ0) is 17.5. The van der Waals surface area contributed by atoms with Crippen LogP contribution in [0.25, 0.3) is 0 Å². The Labute approximate surface area is 143 Å². The molecule has 0 radical (unpaired) electrons. The summed E-state index contributed by atoms with van der Waals surface area (Å²) in [5, 5.41) is 14.2. The summed E-state index contributed by atoms with van der Waals surface area (Å²) in [6.07, 6.45) is 3.82. The number of imide groups is 1. The molecule has 0 saturated carbocycles. The van der Waals surface area contributed by atoms with Gasteiger partial charge in [0.25, 0.3) is 0 Å². The molecule has 3 amide bonds. The minimum absolute atomic E-state index is 0.121. The van der Waals surface area contributed by atoms with Crippen molar-refractivity contribution in [3.05, 3.63) is 29.3 Å². The molecule has 1 heterocycles. The maximum atomic E-state index is 12.1. The van der Waals surface area contributed by atoms with E-state index < -0.39 is 6.03 Å². The highest BCUT2D eigenvalue weighted by Gasteiger charge is 2.24. The largest absolute Gasteiger partial charge is 0.396 e. The van der Waals surface area contributed by atoms with Gasteiger partial charge in [0.1, 0.15) is 0 Å². The van der Waals surface area contributed by atoms with E-state index in [1.807, 2.05) is 32.0 Å². The molecule has 6 nitrogen and oxygen atoms in total. The predicted molar refractivity (Wildman–Crippen MR) is 94.0 cm³/mol. The van der Waals surface area contributed by atoms with Crippen LogP contribution < -0.4 is 10.6 Å². The van der Waals surface area contributed by atoms with E-state index in [4.69, 9.17) is 5.11 Å². The van der Waals surface area contributed by atoms with Crippen molar-refractivity contribution in [2.24, 2.45) is 0 Å². The first kappa shape index (κ1) is 18.4. The summed E-state index contributed by atoms with van der Waals surface area (Å²) in [6.45, 7) is 5.04. The van der Waals surface area contributed by atoms with Gasteiger partial charge in [-0.2, -0.15) is 0 Å². The van der Waals surface area contributed by atoms with Crippen LogP contribution in [0.5, 0.6) is 0 Å². The summed E-state index contributed by atoms with van der Waals surface area (Å²) >= 11 is 0. The van der Waals surface area contributed by atoms with Crippen LogP contribution in [-0.2, 0) is 4.79 Å². The summed E-state index contributed by atoms with van der Waals surface area (Å²) < 4.78 is 0. The van der Waals surface area contributed by atoms with E-state index in [0.717, 1.165) is 36.9 Å². The molecule has 2 rings (SSSR count). The second-order valence-electron chi connectivity index (χ2n) is 6.45. The maximum Gasteiger partial charge on any atom is 0.325 e. The molecule has 1 unspecified atom stereocenters. The number of aliphatic hydroxyl groups excluding tert-OH is 1. The average Bonchev–Trinajstić information content (AvgIpc) is 2.52. The Morgan fingerprint density at radius 2 is 2.08 bits per heavy atom. The molecule has 1 aliphatic heterocycles. The fourth-order valence-corrected chi connectivity index (χ4v) is 3.20. The van der Waals surface area contributed by atoms with Crippen molar-refractivity contribution in [3.8, 4) is 0 Å². The first-order chi connectivity index (χ1) is 11.5. The van der Waals surface area contributed by atoms with Crippen molar-refractivity contribution in [1.29, 1.82) is 0 Å². The Morgan fingerprint density at radius 3 is 2.79 bits per heavy atom. The van der Waals surface area contributed by atoms with Gasteiger partial charge in [-0.05, 0) is 51.3 Å². The molecule has 1 atom stereocenters. The van der Waals surface area contributed by atoms with Gasteiger partial charge in [0, 0.05) is 18.3 Å². The number of hydrogen-bond acceptors (Lipinski definition) is 4. The fraction of sp³-hybridized carbons (Fsp3) is 0.556. The number of hydrogen-bond donors (Lipinski definition) is 3. The number of carbonyl (C=O) groups excluding carboxylic acids is 2. The van der Waals surface area contributed by atoms with Crippen LogP contribution in [0.3, 0.4) is 0 Å². The van der Waals surface area contributed by atoms with Crippen molar-refractivity contribution < 1.29 is 14.7 Å². The van der Waals surface area contributed by atoms with Gasteiger partial charge >= 0.3 is 6.03 Å². The summed E-state index contributed by atoms with van der Waals surface area (Å²) in [5.41, 5.74) is 2.77. The van der Waals surface area contributed by atoms with Crippen LogP contribution in [0.1, 0.15) is 36.8 Å². The van der Waals surface area contributed by atoms with E-state index in [-0.39, 0.29) is 25.1 Å². The van der Waals surface area contributed by atoms with E-state index in [1.165, 1.54) is 0 Å². The molecule has 24 heavy (non-hydrogen) atoms. The van der Waals surface area contributed by atoms with E-state index in [2.05, 4.69) is 15.5 Å². The Hall–Kier alpha value is -1.92. The number of anilines is 1. The lowest BCUT2D eigenvalue weighted by atomic mass is 10.00. The Balaban J connectivity index is 1.85. The van der Waals surface area contributed by atoms with Crippen molar-refractivity contribution in [3.63, 3.8) is 0 Å². The van der Waals surface area contributed by atoms with Crippen molar-refractivity contribution in [1.82, 2.24) is 10.2 Å². The summed E-state index contributed by atoms with van der Waals surface area (Å²) in [7, 11) is 0. The molecule has 0 spiro atoms. The quantitative estimate of drug-likeness (QED) is 0.771. The average molecular weight is 333 g/mol. The number of aliphatic hydroxyl groups is 1. The summed E-state index contributed by atoms with van der Waals surface area (Å²) in [5.74, 6) is -0.317. The third kappa shape index (κ3) is 5.32. The highest BCUT2D eigenvalue weighted by molar-refractivity contribution is 6.02. The normalized spacial score (nSPS) is 18.2. The van der Waals surface area contributed by atoms with Gasteiger partial charge in [0.2, 0.25) is 5.91 Å². The van der Waals surface area contributed by atoms with E-state index >= 15 is 0 Å². The Kier molecular flexibility index (Phi) is 6.75. The van der Waals surface area contributed by atoms with Gasteiger partial charge in [0.05, 0.1) is 6.54 Å². The molecular weight excluding hydrogens is 306 g/mol. The SMILES string of the molecule is Cc1ccc(NC(=O)NC(=O)CN2CCCCC2CCO)c(C)c1. The molecule has 0 bridgehead atoms. The number of aryl methyl sites for hydroxylation is 2. The molecule has 1 aromatic rings. The van der Waals surface area contributed by atoms with Gasteiger partial charge < -0.3 is 10.4 Å². The van der Waals surface area contributed by atoms with Crippen molar-refractivity contribution >= 4 is 17.6 Å². The van der Waals surface area contributed by atoms with Crippen molar-refractivity contribution in [2.75, 3.05) is 25.0 Å². The predicted octanol–water partition coefficient (Wildman–Crippen LogP) is 2.19. The number of nitrogens with zero attached hydrogens (tertiary/aromatic N) is 1. The smallest absolute Gasteiger partial charge is 0.325 e. The maximum absolute atomic E-state index is 12.1. The van der Waals surface area contributed by atoms with Crippen LogP contribution in [-0.4, -0.2) is 47.7 Å². The van der Waals surface area contributed by atoms with Crippen LogP contribution in [0.2, 0.25) is 0 Å². The van der Waals surface area contributed by atoms with E-state index in [1.54, 1.807) is 0 Å². The molecule has 132 valence electrons. The zero-order valence-corrected chi connectivity index (χ0v) is 14.5. The molecule has 6 heteroatoms. The number of carbonyl (C=O) groups is 2. The number of urea groups is 1. The number of benzene rings is 1. The lowest BCUT2D eigenvalue weighted by Crippen LogP contribution is -2.47. The monoisotopic (exact) mass is 333 g/mol. The van der Waals surface area contributed by atoms with E-state index in [9.17, 15) is 9.59 Å². The van der Waals surface area contributed by atoms with Crippen molar-refractivity contribution in [2.45, 2.75) is 45.6 Å². The lowest BCUT2D eigenvalue weighted by molar-refractivity contribution is -0.122. The van der Waals surface area contributed by atoms with Crippen LogP contribution in [0.4, 0.5) is 10.5 Å². The highest BCUT2D eigenvalue weighted by Crippen LogP contribution is 2.19. The van der Waals surface area contributed by atoms with Gasteiger partial charge in [-0.1, -0.05) is 24.1 Å². The summed E-state index contributed by atoms with van der Waals surface area (Å²) in [6, 6.07) is 5.43. The number of piperidine rings is 1. The molecule has 0 aliphatic carbocycles. The molecule has 1 aliphatic rings. The van der Waals surface area contributed by atoms with Gasteiger partial charge in [-0.15, -0.1) is 0 Å². The summed E-state index contributed by atoms with van der Waals surface area (Å²) in [4.78, 5) is 26.2. The number of likely N-dealkylation sites (tertiary alicyclic amines) is 1. The third-order valence-corrected chi connectivity index (χ3v) is 4.44. The minimum Gasteiger partial charge on any atom is -0.396 e. The number of amides is 3. The highest BCUT2D eigenvalue weighted by atomic mass is 16.3. The molecular formula is C18H27N3O3. The standard InChI is InChI=1S/C18H27N3O3/c1-13-6-7-16(14(2)11-13)19-18(24)20-17(23)12-21-9-4-3-5-15(21)8-10-22/h6-7,11,15,22H,3-5,8-10,12H2,1-2H3,(H2,19,20,23,24). The molecule has 1 saturated heterocycles. The van der Waals surface area contributed by atoms with Crippen LogP contribution >= 0.6 is 0 Å². The zero-order valence-electron chi connectivity index (χ0n) is 14.5. The van der Waals surface area contributed by atoms with E-state index in [0.29, 0.717) is 12.1 Å². The minimum atomic E-state index is -0.511.